The molecule has 2 heterocycles. The van der Waals surface area contributed by atoms with Crippen LogP contribution in [0.5, 0.6) is 0 Å². The summed E-state index contributed by atoms with van der Waals surface area (Å²) in [6.45, 7) is 2.44. The maximum atomic E-state index is 11.6. The van der Waals surface area contributed by atoms with E-state index in [2.05, 4.69) is 9.97 Å². The molecule has 0 aliphatic heterocycles. The number of nitrogen functional groups attached to an aromatic ring is 1. The van der Waals surface area contributed by atoms with Gasteiger partial charge < -0.3 is 40.2 Å². The van der Waals surface area contributed by atoms with Crippen molar-refractivity contribution in [3.05, 3.63) is 24.2 Å². The summed E-state index contributed by atoms with van der Waals surface area (Å²) < 4.78 is 11.7. The molecular weight excluding hydrogens is 372 g/mol. The highest BCUT2D eigenvalue weighted by molar-refractivity contribution is 5.99. The molecule has 0 saturated carbocycles. The van der Waals surface area contributed by atoms with Gasteiger partial charge in [0.2, 0.25) is 0 Å². The zero-order chi connectivity index (χ0) is 20.8. The van der Waals surface area contributed by atoms with Crippen molar-refractivity contribution in [2.24, 2.45) is 0 Å². The number of aromatic nitrogens is 3. The lowest BCUT2D eigenvalue weighted by atomic mass is 10.1. The number of carbonyl (C=O) groups excluding carboxylic acids is 1. The number of hydrogen-bond donors (Lipinski definition) is 5. The van der Waals surface area contributed by atoms with E-state index in [0.29, 0.717) is 11.0 Å². The third-order valence-electron chi connectivity index (χ3n) is 3.98. The van der Waals surface area contributed by atoms with Crippen molar-refractivity contribution in [2.45, 2.75) is 38.9 Å². The Morgan fingerprint density at radius 3 is 2.71 bits per heavy atom. The second kappa shape index (κ2) is 9.46. The predicted octanol–water partition coefficient (Wildman–Crippen LogP) is -0.448. The van der Waals surface area contributed by atoms with Crippen LogP contribution in [0.4, 0.5) is 5.82 Å². The molecule has 0 bridgehead atoms. The Labute approximate surface area is 160 Å². The molecule has 0 aromatic carbocycles. The van der Waals surface area contributed by atoms with Crippen molar-refractivity contribution in [1.29, 1.82) is 0 Å². The summed E-state index contributed by atoms with van der Waals surface area (Å²) in [5, 5.41) is 39.3. The Bertz CT molecular complexity index is 849. The van der Waals surface area contributed by atoms with Crippen LogP contribution in [0.3, 0.4) is 0 Å². The largest absolute Gasteiger partial charge is 0.507 e. The fourth-order valence-corrected chi connectivity index (χ4v) is 2.56. The monoisotopic (exact) mass is 396 g/mol. The average Bonchev–Trinajstić information content (AvgIpc) is 3.02. The zero-order valence-corrected chi connectivity index (χ0v) is 15.5. The number of ether oxygens (including phenoxy) is 2. The lowest BCUT2D eigenvalue weighted by molar-refractivity contribution is -0.137. The molecule has 0 fully saturated rings. The van der Waals surface area contributed by atoms with Crippen molar-refractivity contribution in [2.75, 3.05) is 18.9 Å². The van der Waals surface area contributed by atoms with Gasteiger partial charge in [0.25, 0.3) is 0 Å². The van der Waals surface area contributed by atoms with Crippen LogP contribution in [-0.4, -0.2) is 72.5 Å². The molecule has 154 valence electrons. The Hall–Kier alpha value is -2.73. The van der Waals surface area contributed by atoms with E-state index in [4.69, 9.17) is 15.2 Å². The third-order valence-corrected chi connectivity index (χ3v) is 3.98. The highest BCUT2D eigenvalue weighted by Gasteiger charge is 2.24. The minimum Gasteiger partial charge on any atom is -0.507 e. The fraction of sp³-hybridized carbons (Fsp3) is 0.471. The smallest absolute Gasteiger partial charge is 0.334 e. The van der Waals surface area contributed by atoms with E-state index in [0.717, 1.165) is 6.08 Å². The van der Waals surface area contributed by atoms with Gasteiger partial charge >= 0.3 is 5.97 Å². The van der Waals surface area contributed by atoms with E-state index in [1.165, 1.54) is 24.0 Å². The van der Waals surface area contributed by atoms with Gasteiger partial charge in [-0.2, -0.15) is 0 Å². The van der Waals surface area contributed by atoms with Gasteiger partial charge in [0, 0.05) is 11.8 Å². The second-order valence-corrected chi connectivity index (χ2v) is 6.00. The molecule has 2 aromatic rings. The third kappa shape index (κ3) is 4.75. The molecule has 0 unspecified atom stereocenters. The standard InChI is InChI=1S/C17H24N4O7/c1-3-27-13(25)4-11(24)10-5-21(17-14(10)16(18)19-7-20-17)8-28-12(6-22)15(26)9(2)23/h4-5,7,9,12,15,22-24,26H,3,6,8H2,1-2H3,(H2,18,19,20)/t9-,12+,15-/m0/s1. The number of hydrogen-bond acceptors (Lipinski definition) is 10. The maximum Gasteiger partial charge on any atom is 0.334 e. The van der Waals surface area contributed by atoms with Gasteiger partial charge in [-0.25, -0.2) is 14.8 Å². The van der Waals surface area contributed by atoms with Gasteiger partial charge in [-0.1, -0.05) is 0 Å². The van der Waals surface area contributed by atoms with Gasteiger partial charge in [0.05, 0.1) is 30.8 Å². The number of rotatable bonds is 9. The van der Waals surface area contributed by atoms with Crippen LogP contribution in [0.25, 0.3) is 16.8 Å². The first-order chi connectivity index (χ1) is 13.3. The lowest BCUT2D eigenvalue weighted by Crippen LogP contribution is -2.40. The van der Waals surface area contributed by atoms with Crippen LogP contribution in [-0.2, 0) is 21.0 Å². The second-order valence-electron chi connectivity index (χ2n) is 6.00. The van der Waals surface area contributed by atoms with Gasteiger partial charge in [0.15, 0.2) is 0 Å². The van der Waals surface area contributed by atoms with Crippen LogP contribution in [0.15, 0.2) is 18.6 Å². The van der Waals surface area contributed by atoms with Crippen molar-refractivity contribution < 1.29 is 34.7 Å². The van der Waals surface area contributed by atoms with Crippen LogP contribution in [0.2, 0.25) is 0 Å². The van der Waals surface area contributed by atoms with Gasteiger partial charge in [0.1, 0.15) is 42.5 Å². The molecule has 0 aliphatic carbocycles. The summed E-state index contributed by atoms with van der Waals surface area (Å²) in [7, 11) is 0. The van der Waals surface area contributed by atoms with Crippen LogP contribution in [0, 0.1) is 0 Å². The van der Waals surface area contributed by atoms with E-state index in [1.807, 2.05) is 0 Å². The molecule has 11 nitrogen and oxygen atoms in total. The highest BCUT2D eigenvalue weighted by atomic mass is 16.5. The van der Waals surface area contributed by atoms with E-state index in [1.54, 1.807) is 6.92 Å². The fourth-order valence-electron chi connectivity index (χ4n) is 2.56. The van der Waals surface area contributed by atoms with E-state index < -0.39 is 36.6 Å². The first kappa shape index (κ1) is 21.6. The molecule has 28 heavy (non-hydrogen) atoms. The Kier molecular flexibility index (Phi) is 7.29. The molecule has 2 aromatic heterocycles. The number of nitrogens with zero attached hydrogens (tertiary/aromatic N) is 3. The minimum absolute atomic E-state index is 0.0743. The topological polar surface area (TPSA) is 173 Å². The van der Waals surface area contributed by atoms with Gasteiger partial charge in [-0.3, -0.25) is 0 Å². The molecule has 11 heteroatoms. The number of nitrogens with two attached hydrogens (primary N) is 1. The summed E-state index contributed by atoms with van der Waals surface area (Å²) in [5.41, 5.74) is 6.38. The number of carbonyl (C=O) groups is 1. The molecule has 6 N–H and O–H groups in total. The number of aliphatic hydroxyl groups excluding tert-OH is 4. The zero-order valence-electron chi connectivity index (χ0n) is 15.5. The van der Waals surface area contributed by atoms with Crippen LogP contribution in [0.1, 0.15) is 19.4 Å². The molecule has 0 amide bonds. The maximum absolute atomic E-state index is 11.6. The van der Waals surface area contributed by atoms with Gasteiger partial charge in [-0.05, 0) is 13.8 Å². The predicted molar refractivity (Wildman–Crippen MR) is 98.8 cm³/mol. The van der Waals surface area contributed by atoms with E-state index in [9.17, 15) is 25.2 Å². The Morgan fingerprint density at radius 1 is 1.39 bits per heavy atom. The average molecular weight is 396 g/mol. The van der Waals surface area contributed by atoms with Crippen LogP contribution >= 0.6 is 0 Å². The van der Waals surface area contributed by atoms with Crippen molar-refractivity contribution in [1.82, 2.24) is 14.5 Å². The number of aliphatic hydroxyl groups is 4. The lowest BCUT2D eigenvalue weighted by Gasteiger charge is -2.23. The Balaban J connectivity index is 2.38. The summed E-state index contributed by atoms with van der Waals surface area (Å²) in [5.74, 6) is -1.05. The summed E-state index contributed by atoms with van der Waals surface area (Å²) in [6.07, 6.45) is 0.0988. The number of anilines is 1. The first-order valence-electron chi connectivity index (χ1n) is 8.55. The molecule has 2 rings (SSSR count). The van der Waals surface area contributed by atoms with Crippen molar-refractivity contribution in [3.8, 4) is 0 Å². The van der Waals surface area contributed by atoms with E-state index in [-0.39, 0.29) is 24.7 Å². The molecule has 0 aliphatic rings. The van der Waals surface area contributed by atoms with Gasteiger partial charge in [-0.15, -0.1) is 0 Å². The quantitative estimate of drug-likeness (QED) is 0.212. The number of esters is 1. The molecular formula is C17H24N4O7. The summed E-state index contributed by atoms with van der Waals surface area (Å²) >= 11 is 0. The normalized spacial score (nSPS) is 15.4. The van der Waals surface area contributed by atoms with Crippen molar-refractivity contribution in [3.63, 3.8) is 0 Å². The number of fused-ring (bicyclic) bond motifs is 1. The van der Waals surface area contributed by atoms with Crippen LogP contribution < -0.4 is 5.73 Å². The molecule has 0 saturated heterocycles. The summed E-state index contributed by atoms with van der Waals surface area (Å²) in [6, 6.07) is 0. The highest BCUT2D eigenvalue weighted by Crippen LogP contribution is 2.28. The molecule has 0 radical (unpaired) electrons. The van der Waals surface area contributed by atoms with Crippen molar-refractivity contribution >= 4 is 28.6 Å². The molecule has 0 spiro atoms. The Morgan fingerprint density at radius 2 is 2.11 bits per heavy atom. The SMILES string of the molecule is CCOC(=O)C=C(O)c1cn(CO[C@H](CO)[C@@H](O)[C@H](C)O)c2ncnc(N)c12. The summed E-state index contributed by atoms with van der Waals surface area (Å²) in [4.78, 5) is 19.6. The first-order valence-corrected chi connectivity index (χ1v) is 8.55. The molecule has 3 atom stereocenters. The minimum atomic E-state index is -1.30. The van der Waals surface area contributed by atoms with E-state index >= 15 is 0 Å².